The second-order valence-electron chi connectivity index (χ2n) is 2.97. The third kappa shape index (κ3) is 2.03. The molecule has 0 amide bonds. The second-order valence-corrected chi connectivity index (χ2v) is 3.83. The van der Waals surface area contributed by atoms with Crippen LogP contribution < -0.4 is 5.73 Å². The molecule has 0 aliphatic carbocycles. The van der Waals surface area contributed by atoms with Gasteiger partial charge in [-0.05, 0) is 18.2 Å². The lowest BCUT2D eigenvalue weighted by Gasteiger charge is -1.98. The lowest BCUT2D eigenvalue weighted by atomic mass is 10.2. The average molecular weight is 226 g/mol. The summed E-state index contributed by atoms with van der Waals surface area (Å²) in [6, 6.07) is 3.30. The molecule has 78 valence electrons. The summed E-state index contributed by atoms with van der Waals surface area (Å²) in [5.41, 5.74) is 6.25. The van der Waals surface area contributed by atoms with Gasteiger partial charge in [0, 0.05) is 17.5 Å². The van der Waals surface area contributed by atoms with Crippen LogP contribution in [0.2, 0.25) is 0 Å². The Morgan fingerprint density at radius 1 is 1.33 bits per heavy atom. The molecule has 1 aromatic heterocycles. The molecule has 0 unspecified atom stereocenters. The number of rotatable bonds is 2. The summed E-state index contributed by atoms with van der Waals surface area (Å²) in [5.74, 6) is -0.954. The van der Waals surface area contributed by atoms with Crippen LogP contribution in [0.1, 0.15) is 5.69 Å². The number of thiazole rings is 1. The van der Waals surface area contributed by atoms with Crippen LogP contribution in [0.4, 0.5) is 8.78 Å². The third-order valence-corrected chi connectivity index (χ3v) is 2.84. The Morgan fingerprint density at radius 2 is 2.13 bits per heavy atom. The number of halogens is 2. The van der Waals surface area contributed by atoms with E-state index in [1.54, 1.807) is 5.38 Å². The minimum absolute atomic E-state index is 0.180. The molecule has 5 heteroatoms. The summed E-state index contributed by atoms with van der Waals surface area (Å²) in [7, 11) is 0. The predicted molar refractivity (Wildman–Crippen MR) is 55.4 cm³/mol. The molecule has 0 bridgehead atoms. The standard InChI is InChI=1S/C10H8F2N2S/c11-6-1-2-9(12)8(3-6)10-14-7(4-13)5-15-10/h1-3,5H,4,13H2. The smallest absolute Gasteiger partial charge is 0.133 e. The van der Waals surface area contributed by atoms with Gasteiger partial charge in [0.2, 0.25) is 0 Å². The van der Waals surface area contributed by atoms with Crippen molar-refractivity contribution in [1.82, 2.24) is 4.98 Å². The topological polar surface area (TPSA) is 38.9 Å². The van der Waals surface area contributed by atoms with E-state index in [1.807, 2.05) is 0 Å². The number of benzene rings is 1. The number of hydrogen-bond donors (Lipinski definition) is 1. The van der Waals surface area contributed by atoms with Gasteiger partial charge < -0.3 is 5.73 Å². The van der Waals surface area contributed by atoms with E-state index < -0.39 is 11.6 Å². The van der Waals surface area contributed by atoms with Crippen molar-refractivity contribution >= 4 is 11.3 Å². The van der Waals surface area contributed by atoms with E-state index in [0.717, 1.165) is 18.2 Å². The van der Waals surface area contributed by atoms with E-state index in [1.165, 1.54) is 11.3 Å². The van der Waals surface area contributed by atoms with Gasteiger partial charge in [-0.3, -0.25) is 0 Å². The molecule has 1 heterocycles. The van der Waals surface area contributed by atoms with Gasteiger partial charge in [-0.25, -0.2) is 13.8 Å². The van der Waals surface area contributed by atoms with Crippen LogP contribution >= 0.6 is 11.3 Å². The Morgan fingerprint density at radius 3 is 2.80 bits per heavy atom. The maximum atomic E-state index is 13.3. The van der Waals surface area contributed by atoms with Crippen molar-refractivity contribution in [2.45, 2.75) is 6.54 Å². The van der Waals surface area contributed by atoms with Gasteiger partial charge in [0.05, 0.1) is 5.69 Å². The van der Waals surface area contributed by atoms with Gasteiger partial charge >= 0.3 is 0 Å². The molecule has 0 saturated heterocycles. The van der Waals surface area contributed by atoms with Crippen LogP contribution in [0.15, 0.2) is 23.6 Å². The van der Waals surface area contributed by atoms with Crippen molar-refractivity contribution < 1.29 is 8.78 Å². The Bertz CT molecular complexity index is 482. The molecule has 2 N–H and O–H groups in total. The first-order chi connectivity index (χ1) is 7.20. The Hall–Kier alpha value is -1.33. The van der Waals surface area contributed by atoms with E-state index in [2.05, 4.69) is 4.98 Å². The third-order valence-electron chi connectivity index (χ3n) is 1.92. The lowest BCUT2D eigenvalue weighted by molar-refractivity contribution is 0.603. The molecule has 0 spiro atoms. The van der Waals surface area contributed by atoms with E-state index in [0.29, 0.717) is 17.2 Å². The van der Waals surface area contributed by atoms with E-state index >= 15 is 0 Å². The molecular weight excluding hydrogens is 218 g/mol. The molecule has 15 heavy (non-hydrogen) atoms. The van der Waals surface area contributed by atoms with E-state index in [4.69, 9.17) is 5.73 Å². The second kappa shape index (κ2) is 4.04. The van der Waals surface area contributed by atoms with Crippen molar-refractivity contribution in [1.29, 1.82) is 0 Å². The monoisotopic (exact) mass is 226 g/mol. The molecule has 2 aromatic rings. The number of nitrogens with two attached hydrogens (primary N) is 1. The minimum atomic E-state index is -0.477. The summed E-state index contributed by atoms with van der Waals surface area (Å²) in [6.45, 7) is 0.299. The van der Waals surface area contributed by atoms with Gasteiger partial charge in [0.25, 0.3) is 0 Å². The van der Waals surface area contributed by atoms with Crippen LogP contribution in [0.5, 0.6) is 0 Å². The fraction of sp³-hybridized carbons (Fsp3) is 0.100. The van der Waals surface area contributed by atoms with E-state index in [9.17, 15) is 8.78 Å². The molecule has 2 rings (SSSR count). The summed E-state index contributed by atoms with van der Waals surface area (Å²) in [6.07, 6.45) is 0. The fourth-order valence-corrected chi connectivity index (χ4v) is 2.04. The first-order valence-corrected chi connectivity index (χ1v) is 5.18. The van der Waals surface area contributed by atoms with Gasteiger partial charge in [0.15, 0.2) is 0 Å². The Kier molecular flexibility index (Phi) is 2.75. The van der Waals surface area contributed by atoms with Gasteiger partial charge in [-0.2, -0.15) is 0 Å². The maximum absolute atomic E-state index is 13.3. The fourth-order valence-electron chi connectivity index (χ4n) is 1.19. The van der Waals surface area contributed by atoms with Gasteiger partial charge in [-0.15, -0.1) is 11.3 Å². The quantitative estimate of drug-likeness (QED) is 0.854. The van der Waals surface area contributed by atoms with Gasteiger partial charge in [0.1, 0.15) is 16.6 Å². The number of aromatic nitrogens is 1. The highest BCUT2D eigenvalue weighted by atomic mass is 32.1. The molecular formula is C10H8F2N2S. The van der Waals surface area contributed by atoms with Crippen LogP contribution in [-0.2, 0) is 6.54 Å². The molecule has 2 nitrogen and oxygen atoms in total. The Balaban J connectivity index is 2.48. The SMILES string of the molecule is NCc1csc(-c2cc(F)ccc2F)n1. The highest BCUT2D eigenvalue weighted by Crippen LogP contribution is 2.26. The molecule has 0 radical (unpaired) electrons. The van der Waals surface area contributed by atoms with Crippen molar-refractivity contribution in [2.24, 2.45) is 5.73 Å². The van der Waals surface area contributed by atoms with Crippen LogP contribution in [0, 0.1) is 11.6 Å². The summed E-state index contributed by atoms with van der Waals surface area (Å²) in [4.78, 5) is 4.09. The van der Waals surface area contributed by atoms with E-state index in [-0.39, 0.29) is 5.56 Å². The molecule has 0 aliphatic heterocycles. The first-order valence-electron chi connectivity index (χ1n) is 4.30. The molecule has 1 aromatic carbocycles. The zero-order valence-corrected chi connectivity index (χ0v) is 8.52. The highest BCUT2D eigenvalue weighted by Gasteiger charge is 2.10. The summed E-state index contributed by atoms with van der Waals surface area (Å²) < 4.78 is 26.2. The lowest BCUT2D eigenvalue weighted by Crippen LogP contribution is -1.96. The normalized spacial score (nSPS) is 10.6. The Labute approximate surface area is 89.4 Å². The molecule has 0 saturated carbocycles. The predicted octanol–water partition coefficient (Wildman–Crippen LogP) is 2.55. The minimum Gasteiger partial charge on any atom is -0.325 e. The molecule has 0 fully saturated rings. The summed E-state index contributed by atoms with van der Waals surface area (Å²) >= 11 is 1.25. The van der Waals surface area contributed by atoms with Crippen molar-refractivity contribution in [3.8, 4) is 10.6 Å². The van der Waals surface area contributed by atoms with Crippen LogP contribution in [0.3, 0.4) is 0 Å². The van der Waals surface area contributed by atoms with Crippen LogP contribution in [-0.4, -0.2) is 4.98 Å². The zero-order chi connectivity index (χ0) is 10.8. The van der Waals surface area contributed by atoms with Gasteiger partial charge in [-0.1, -0.05) is 0 Å². The van der Waals surface area contributed by atoms with Crippen LogP contribution in [0.25, 0.3) is 10.6 Å². The number of hydrogen-bond acceptors (Lipinski definition) is 3. The summed E-state index contributed by atoms with van der Waals surface area (Å²) in [5, 5.41) is 2.19. The maximum Gasteiger partial charge on any atom is 0.133 e. The van der Waals surface area contributed by atoms with Crippen molar-refractivity contribution in [3.63, 3.8) is 0 Å². The first kappa shape index (κ1) is 10.2. The number of nitrogens with zero attached hydrogens (tertiary/aromatic N) is 1. The molecule has 0 aliphatic rings. The largest absolute Gasteiger partial charge is 0.325 e. The van der Waals surface area contributed by atoms with Crippen molar-refractivity contribution in [2.75, 3.05) is 0 Å². The highest BCUT2D eigenvalue weighted by molar-refractivity contribution is 7.13. The zero-order valence-electron chi connectivity index (χ0n) is 7.71. The average Bonchev–Trinajstić information content (AvgIpc) is 2.70. The van der Waals surface area contributed by atoms with Crippen molar-refractivity contribution in [3.05, 3.63) is 40.9 Å². The molecule has 0 atom stereocenters.